The monoisotopic (exact) mass is 374 g/mol. The van der Waals surface area contributed by atoms with E-state index in [1.165, 1.54) is 6.92 Å². The summed E-state index contributed by atoms with van der Waals surface area (Å²) in [4.78, 5) is 28.6. The summed E-state index contributed by atoms with van der Waals surface area (Å²) in [6.45, 7) is 7.55. The minimum Gasteiger partial charge on any atom is -0.449 e. The van der Waals surface area contributed by atoms with Gasteiger partial charge in [0, 0.05) is 12.2 Å². The first kappa shape index (κ1) is 19.9. The number of nitrogens with zero attached hydrogens (tertiary/aromatic N) is 1. The summed E-state index contributed by atoms with van der Waals surface area (Å²) in [5, 5.41) is 2.89. The molecule has 1 heterocycles. The van der Waals surface area contributed by atoms with Crippen molar-refractivity contribution in [3.05, 3.63) is 63.9 Å². The van der Waals surface area contributed by atoms with Crippen molar-refractivity contribution in [2.45, 2.75) is 39.7 Å². The van der Waals surface area contributed by atoms with Crippen molar-refractivity contribution in [3.8, 4) is 0 Å². The number of halogens is 1. The molecule has 0 aliphatic carbocycles. The minimum atomic E-state index is -0.928. The van der Waals surface area contributed by atoms with Crippen LogP contribution < -0.4 is 5.32 Å². The number of ether oxygens (including phenoxy) is 1. The summed E-state index contributed by atoms with van der Waals surface area (Å²) < 4.78 is 5.26. The second kappa shape index (κ2) is 8.81. The molecule has 1 N–H and O–H groups in total. The number of benzene rings is 1. The minimum absolute atomic E-state index is 0.0813. The normalized spacial score (nSPS) is 13.0. The first-order valence-corrected chi connectivity index (χ1v) is 8.84. The van der Waals surface area contributed by atoms with E-state index in [0.29, 0.717) is 17.8 Å². The maximum absolute atomic E-state index is 12.3. The quantitative estimate of drug-likeness (QED) is 0.616. The van der Waals surface area contributed by atoms with Gasteiger partial charge in [0.15, 0.2) is 6.10 Å². The van der Waals surface area contributed by atoms with Crippen LogP contribution >= 0.6 is 11.6 Å². The van der Waals surface area contributed by atoms with Crippen LogP contribution in [0.2, 0.25) is 5.15 Å². The number of esters is 1. The fourth-order valence-electron chi connectivity index (χ4n) is 2.61. The molecule has 1 aromatic carbocycles. The number of nitrogens with one attached hydrogen (secondary N) is 1. The number of hydrogen-bond acceptors (Lipinski definition) is 4. The Morgan fingerprint density at radius 2 is 1.85 bits per heavy atom. The van der Waals surface area contributed by atoms with Gasteiger partial charge in [0.1, 0.15) is 5.15 Å². The van der Waals surface area contributed by atoms with Crippen molar-refractivity contribution in [3.63, 3.8) is 0 Å². The average molecular weight is 375 g/mol. The first-order chi connectivity index (χ1) is 12.3. The number of rotatable bonds is 6. The standard InChI is InChI=1S/C20H23ClN2O3/c1-12-10-14(3)23-18(21)17(12)20(25)26-15(4)19(24)22-11-13(2)16-8-6-5-7-9-16/h5-10,13,15H,11H2,1-4H3,(H,22,24)/t13-,15+/m1/s1. The number of amides is 1. The van der Waals surface area contributed by atoms with Gasteiger partial charge in [-0.3, -0.25) is 4.79 Å². The van der Waals surface area contributed by atoms with E-state index in [-0.39, 0.29) is 22.5 Å². The van der Waals surface area contributed by atoms with Crippen LogP contribution in [0.3, 0.4) is 0 Å². The fraction of sp³-hybridized carbons (Fsp3) is 0.350. The molecule has 0 aliphatic rings. The number of pyridine rings is 1. The molecule has 26 heavy (non-hydrogen) atoms. The van der Waals surface area contributed by atoms with Crippen LogP contribution in [-0.4, -0.2) is 29.5 Å². The molecule has 5 nitrogen and oxygen atoms in total. The van der Waals surface area contributed by atoms with Crippen LogP contribution in [0.4, 0.5) is 0 Å². The van der Waals surface area contributed by atoms with Gasteiger partial charge in [-0.2, -0.15) is 0 Å². The highest BCUT2D eigenvalue weighted by molar-refractivity contribution is 6.32. The maximum atomic E-state index is 12.3. The van der Waals surface area contributed by atoms with Crippen LogP contribution in [-0.2, 0) is 9.53 Å². The Labute approximate surface area is 158 Å². The van der Waals surface area contributed by atoms with Crippen molar-refractivity contribution in [2.75, 3.05) is 6.54 Å². The zero-order valence-corrected chi connectivity index (χ0v) is 16.1. The molecule has 1 amide bonds. The molecular weight excluding hydrogens is 352 g/mol. The Hall–Kier alpha value is -2.40. The second-order valence-corrected chi connectivity index (χ2v) is 6.71. The molecule has 0 saturated heterocycles. The second-order valence-electron chi connectivity index (χ2n) is 6.35. The van der Waals surface area contributed by atoms with Gasteiger partial charge in [-0.15, -0.1) is 0 Å². The van der Waals surface area contributed by atoms with Gasteiger partial charge in [0.25, 0.3) is 5.91 Å². The molecule has 0 saturated carbocycles. The van der Waals surface area contributed by atoms with E-state index >= 15 is 0 Å². The Kier molecular flexibility index (Phi) is 6.75. The fourth-order valence-corrected chi connectivity index (χ4v) is 2.97. The summed E-state index contributed by atoms with van der Waals surface area (Å²) in [7, 11) is 0. The zero-order valence-electron chi connectivity index (χ0n) is 15.4. The zero-order chi connectivity index (χ0) is 19.3. The lowest BCUT2D eigenvalue weighted by Crippen LogP contribution is -2.37. The lowest BCUT2D eigenvalue weighted by atomic mass is 10.0. The van der Waals surface area contributed by atoms with Crippen molar-refractivity contribution in [2.24, 2.45) is 0 Å². The summed E-state index contributed by atoms with van der Waals surface area (Å²) >= 11 is 6.05. The van der Waals surface area contributed by atoms with E-state index in [2.05, 4.69) is 10.3 Å². The van der Waals surface area contributed by atoms with Crippen molar-refractivity contribution >= 4 is 23.5 Å². The molecule has 6 heteroatoms. The van der Waals surface area contributed by atoms with Gasteiger partial charge in [-0.25, -0.2) is 9.78 Å². The van der Waals surface area contributed by atoms with E-state index in [9.17, 15) is 9.59 Å². The smallest absolute Gasteiger partial charge is 0.342 e. The molecule has 2 aromatic rings. The molecule has 2 rings (SSSR count). The van der Waals surface area contributed by atoms with E-state index in [1.807, 2.05) is 37.3 Å². The van der Waals surface area contributed by atoms with Crippen molar-refractivity contribution < 1.29 is 14.3 Å². The largest absolute Gasteiger partial charge is 0.449 e. The summed E-state index contributed by atoms with van der Waals surface area (Å²) in [5.74, 6) is -0.852. The molecular formula is C20H23ClN2O3. The highest BCUT2D eigenvalue weighted by Crippen LogP contribution is 2.20. The van der Waals surface area contributed by atoms with Crippen LogP contribution in [0.1, 0.15) is 46.9 Å². The molecule has 0 spiro atoms. The number of carbonyl (C=O) groups is 2. The summed E-state index contributed by atoms with van der Waals surface area (Å²) in [5.41, 5.74) is 2.70. The van der Waals surface area contributed by atoms with Gasteiger partial charge in [0.2, 0.25) is 0 Å². The SMILES string of the molecule is Cc1cc(C)c(C(=O)O[C@@H](C)C(=O)NC[C@@H](C)c2ccccc2)c(Cl)n1. The maximum Gasteiger partial charge on any atom is 0.342 e. The van der Waals surface area contributed by atoms with Crippen LogP contribution in [0.25, 0.3) is 0 Å². The van der Waals surface area contributed by atoms with E-state index < -0.39 is 12.1 Å². The topological polar surface area (TPSA) is 68.3 Å². The lowest BCUT2D eigenvalue weighted by Gasteiger charge is -2.17. The van der Waals surface area contributed by atoms with Crippen molar-refractivity contribution in [1.82, 2.24) is 10.3 Å². The number of carbonyl (C=O) groups excluding carboxylic acids is 2. The van der Waals surface area contributed by atoms with E-state index in [4.69, 9.17) is 16.3 Å². The van der Waals surface area contributed by atoms with Crippen LogP contribution in [0, 0.1) is 13.8 Å². The first-order valence-electron chi connectivity index (χ1n) is 8.47. The van der Waals surface area contributed by atoms with Crippen LogP contribution in [0.15, 0.2) is 36.4 Å². The molecule has 0 aliphatic heterocycles. The third-order valence-electron chi connectivity index (χ3n) is 4.11. The number of hydrogen-bond donors (Lipinski definition) is 1. The highest BCUT2D eigenvalue weighted by atomic mass is 35.5. The van der Waals surface area contributed by atoms with E-state index in [1.54, 1.807) is 19.9 Å². The molecule has 2 atom stereocenters. The molecule has 0 bridgehead atoms. The molecule has 1 aromatic heterocycles. The van der Waals surface area contributed by atoms with Gasteiger partial charge in [-0.05, 0) is 43.9 Å². The van der Waals surface area contributed by atoms with Gasteiger partial charge < -0.3 is 10.1 Å². The Morgan fingerprint density at radius 3 is 2.46 bits per heavy atom. The number of aryl methyl sites for hydroxylation is 2. The molecule has 0 radical (unpaired) electrons. The number of aromatic nitrogens is 1. The Morgan fingerprint density at radius 1 is 1.19 bits per heavy atom. The van der Waals surface area contributed by atoms with Crippen molar-refractivity contribution in [1.29, 1.82) is 0 Å². The Balaban J connectivity index is 1.94. The molecule has 0 unspecified atom stereocenters. The third kappa shape index (κ3) is 5.05. The molecule has 0 fully saturated rings. The third-order valence-corrected chi connectivity index (χ3v) is 4.38. The average Bonchev–Trinajstić information content (AvgIpc) is 2.59. The van der Waals surface area contributed by atoms with Gasteiger partial charge in [0.05, 0.1) is 5.56 Å². The summed E-state index contributed by atoms with van der Waals surface area (Å²) in [6, 6.07) is 11.6. The van der Waals surface area contributed by atoms with Crippen LogP contribution in [0.5, 0.6) is 0 Å². The summed E-state index contributed by atoms with van der Waals surface area (Å²) in [6.07, 6.45) is -0.928. The Bertz CT molecular complexity index is 770. The lowest BCUT2D eigenvalue weighted by molar-refractivity contribution is -0.129. The molecule has 138 valence electrons. The van der Waals surface area contributed by atoms with E-state index in [0.717, 1.165) is 5.56 Å². The predicted molar refractivity (Wildman–Crippen MR) is 101 cm³/mol. The van der Waals surface area contributed by atoms with Gasteiger partial charge in [-0.1, -0.05) is 48.9 Å². The van der Waals surface area contributed by atoms with Gasteiger partial charge >= 0.3 is 5.97 Å². The predicted octanol–water partition coefficient (Wildman–Crippen LogP) is 3.82. The highest BCUT2D eigenvalue weighted by Gasteiger charge is 2.23.